The molecule has 1 atom stereocenters. The fraction of sp³-hybridized carbons (Fsp3) is 0.294. The van der Waals surface area contributed by atoms with Gasteiger partial charge in [-0.3, -0.25) is 4.79 Å². The molecule has 1 aromatic carbocycles. The van der Waals surface area contributed by atoms with Gasteiger partial charge in [0.1, 0.15) is 0 Å². The van der Waals surface area contributed by atoms with Gasteiger partial charge < -0.3 is 5.32 Å². The number of rotatable bonds is 5. The van der Waals surface area contributed by atoms with Crippen LogP contribution in [-0.4, -0.2) is 47.5 Å². The summed E-state index contributed by atoms with van der Waals surface area (Å²) in [4.78, 5) is 11.7. The zero-order chi connectivity index (χ0) is 17.9. The van der Waals surface area contributed by atoms with Crippen molar-refractivity contribution < 1.29 is 13.2 Å². The minimum absolute atomic E-state index is 0.197. The van der Waals surface area contributed by atoms with Crippen molar-refractivity contribution >= 4 is 15.9 Å². The van der Waals surface area contributed by atoms with Gasteiger partial charge in [-0.1, -0.05) is 6.58 Å². The monoisotopic (exact) mass is 360 g/mol. The molecular formula is C17H20N4O3S. The maximum absolute atomic E-state index is 12.9. The van der Waals surface area contributed by atoms with Gasteiger partial charge in [0, 0.05) is 31.5 Å². The first-order chi connectivity index (χ1) is 12.0. The van der Waals surface area contributed by atoms with Crippen LogP contribution in [-0.2, 0) is 14.8 Å². The molecule has 1 aliphatic heterocycles. The van der Waals surface area contributed by atoms with Crippen molar-refractivity contribution in [1.29, 1.82) is 0 Å². The second-order valence-corrected chi connectivity index (χ2v) is 7.80. The molecule has 1 fully saturated rings. The van der Waals surface area contributed by atoms with Crippen molar-refractivity contribution in [1.82, 2.24) is 19.4 Å². The van der Waals surface area contributed by atoms with Gasteiger partial charge >= 0.3 is 0 Å². The lowest BCUT2D eigenvalue weighted by Gasteiger charge is -2.32. The van der Waals surface area contributed by atoms with Crippen LogP contribution in [0.15, 0.2) is 60.3 Å². The number of carbonyl (C=O) groups is 1. The number of hydrogen-bond acceptors (Lipinski definition) is 4. The number of sulfonamides is 1. The lowest BCUT2D eigenvalue weighted by molar-refractivity contribution is -0.117. The Hall–Kier alpha value is -2.45. The Morgan fingerprint density at radius 2 is 2.08 bits per heavy atom. The average molecular weight is 360 g/mol. The van der Waals surface area contributed by atoms with Crippen LogP contribution in [0.25, 0.3) is 5.69 Å². The Morgan fingerprint density at radius 1 is 1.32 bits per heavy atom. The van der Waals surface area contributed by atoms with Crippen LogP contribution in [0.5, 0.6) is 0 Å². The van der Waals surface area contributed by atoms with E-state index < -0.39 is 10.0 Å². The van der Waals surface area contributed by atoms with Gasteiger partial charge in [-0.25, -0.2) is 13.1 Å². The summed E-state index contributed by atoms with van der Waals surface area (Å²) in [5, 5.41) is 6.90. The molecule has 8 heteroatoms. The highest BCUT2D eigenvalue weighted by Crippen LogP contribution is 2.22. The molecular weight excluding hydrogens is 340 g/mol. The quantitative estimate of drug-likeness (QED) is 0.815. The van der Waals surface area contributed by atoms with E-state index in [1.807, 2.05) is 0 Å². The molecule has 0 aliphatic carbocycles. The molecule has 0 saturated carbocycles. The summed E-state index contributed by atoms with van der Waals surface area (Å²) >= 11 is 0. The maximum Gasteiger partial charge on any atom is 0.243 e. The van der Waals surface area contributed by atoms with Gasteiger partial charge in [-0.05, 0) is 49.2 Å². The standard InChI is InChI=1S/C17H20N4O3S/c1-2-17(22)19-14-5-3-11-20(13-14)25(23,24)16-8-6-15(7-9-16)21-12-4-10-18-21/h2,4,6-10,12,14H,1,3,5,11,13H2,(H,19,22)/t14-/m0/s1. The number of nitrogens with one attached hydrogen (secondary N) is 1. The first-order valence-electron chi connectivity index (χ1n) is 8.04. The summed E-state index contributed by atoms with van der Waals surface area (Å²) < 4.78 is 28.8. The SMILES string of the molecule is C=CC(=O)N[C@H]1CCCN(S(=O)(=O)c2ccc(-n3cccn3)cc2)C1. The fourth-order valence-corrected chi connectivity index (χ4v) is 4.40. The largest absolute Gasteiger partial charge is 0.349 e. The number of benzene rings is 1. The highest BCUT2D eigenvalue weighted by atomic mass is 32.2. The molecule has 0 bridgehead atoms. The van der Waals surface area contributed by atoms with Crippen LogP contribution in [0.4, 0.5) is 0 Å². The van der Waals surface area contributed by atoms with Gasteiger partial charge in [-0.15, -0.1) is 0 Å². The zero-order valence-corrected chi connectivity index (χ0v) is 14.5. The molecule has 3 rings (SSSR count). The molecule has 0 spiro atoms. The van der Waals surface area contributed by atoms with E-state index in [1.165, 1.54) is 10.4 Å². The summed E-state index contributed by atoms with van der Waals surface area (Å²) in [6.45, 7) is 4.13. The van der Waals surface area contributed by atoms with Crippen molar-refractivity contribution in [2.24, 2.45) is 0 Å². The Kier molecular flexibility index (Phi) is 5.00. The van der Waals surface area contributed by atoms with Crippen LogP contribution in [0.1, 0.15) is 12.8 Å². The first-order valence-corrected chi connectivity index (χ1v) is 9.48. The molecule has 1 aromatic heterocycles. The number of amides is 1. The molecule has 2 aromatic rings. The smallest absolute Gasteiger partial charge is 0.243 e. The third kappa shape index (κ3) is 3.80. The second-order valence-electron chi connectivity index (χ2n) is 5.86. The highest BCUT2D eigenvalue weighted by molar-refractivity contribution is 7.89. The number of piperidine rings is 1. The van der Waals surface area contributed by atoms with Crippen molar-refractivity contribution in [2.75, 3.05) is 13.1 Å². The van der Waals surface area contributed by atoms with E-state index in [9.17, 15) is 13.2 Å². The van der Waals surface area contributed by atoms with Crippen LogP contribution in [0.3, 0.4) is 0 Å². The van der Waals surface area contributed by atoms with Gasteiger partial charge in [0.25, 0.3) is 0 Å². The minimum atomic E-state index is -3.60. The summed E-state index contributed by atoms with van der Waals surface area (Å²) in [5.74, 6) is -0.284. The third-order valence-corrected chi connectivity index (χ3v) is 6.04. The second kappa shape index (κ2) is 7.20. The predicted octanol–water partition coefficient (Wildman–Crippen LogP) is 1.33. The third-order valence-electron chi connectivity index (χ3n) is 4.16. The number of hydrogen-bond donors (Lipinski definition) is 1. The summed E-state index contributed by atoms with van der Waals surface area (Å²) in [5.41, 5.74) is 0.790. The highest BCUT2D eigenvalue weighted by Gasteiger charge is 2.30. The van der Waals surface area contributed by atoms with E-state index in [4.69, 9.17) is 0 Å². The van der Waals surface area contributed by atoms with Crippen molar-refractivity contribution in [2.45, 2.75) is 23.8 Å². The molecule has 2 heterocycles. The van der Waals surface area contributed by atoms with Crippen molar-refractivity contribution in [3.05, 3.63) is 55.4 Å². The minimum Gasteiger partial charge on any atom is -0.349 e. The Balaban J connectivity index is 1.76. The lowest BCUT2D eigenvalue weighted by Crippen LogP contribution is -2.49. The number of aromatic nitrogens is 2. The van der Waals surface area contributed by atoms with Gasteiger partial charge in [-0.2, -0.15) is 9.40 Å². The van der Waals surface area contributed by atoms with Gasteiger partial charge in [0.05, 0.1) is 10.6 Å². The topological polar surface area (TPSA) is 84.3 Å². The zero-order valence-electron chi connectivity index (χ0n) is 13.7. The Morgan fingerprint density at radius 3 is 2.72 bits per heavy atom. The molecule has 25 heavy (non-hydrogen) atoms. The van der Waals surface area contributed by atoms with Crippen LogP contribution in [0.2, 0.25) is 0 Å². The Bertz CT molecular complexity index is 845. The van der Waals surface area contributed by atoms with E-state index in [0.29, 0.717) is 13.0 Å². The van der Waals surface area contributed by atoms with E-state index in [0.717, 1.165) is 12.1 Å². The van der Waals surface area contributed by atoms with Crippen LogP contribution < -0.4 is 5.32 Å². The lowest BCUT2D eigenvalue weighted by atomic mass is 10.1. The number of carbonyl (C=O) groups excluding carboxylic acids is 1. The molecule has 7 nitrogen and oxygen atoms in total. The fourth-order valence-electron chi connectivity index (χ4n) is 2.88. The predicted molar refractivity (Wildman–Crippen MR) is 93.7 cm³/mol. The molecule has 0 unspecified atom stereocenters. The van der Waals surface area contributed by atoms with Crippen molar-refractivity contribution in [3.8, 4) is 5.69 Å². The van der Waals surface area contributed by atoms with E-state index in [2.05, 4.69) is 17.0 Å². The Labute approximate surface area is 147 Å². The van der Waals surface area contributed by atoms with Gasteiger partial charge in [0.2, 0.25) is 15.9 Å². The summed E-state index contributed by atoms with van der Waals surface area (Å²) in [7, 11) is -3.60. The van der Waals surface area contributed by atoms with Crippen LogP contribution in [0, 0.1) is 0 Å². The molecule has 1 saturated heterocycles. The van der Waals surface area contributed by atoms with Crippen molar-refractivity contribution in [3.63, 3.8) is 0 Å². The van der Waals surface area contributed by atoms with E-state index >= 15 is 0 Å². The summed E-state index contributed by atoms with van der Waals surface area (Å²) in [6, 6.07) is 8.21. The molecule has 1 amide bonds. The van der Waals surface area contributed by atoms with E-state index in [-0.39, 0.29) is 23.4 Å². The first kappa shape index (κ1) is 17.4. The number of nitrogens with zero attached hydrogens (tertiary/aromatic N) is 3. The molecule has 0 radical (unpaired) electrons. The molecule has 1 aliphatic rings. The van der Waals surface area contributed by atoms with Crippen LogP contribution >= 0.6 is 0 Å². The normalized spacial score (nSPS) is 18.6. The molecule has 132 valence electrons. The maximum atomic E-state index is 12.9. The molecule has 1 N–H and O–H groups in total. The van der Waals surface area contributed by atoms with E-state index in [1.54, 1.807) is 47.4 Å². The van der Waals surface area contributed by atoms with Gasteiger partial charge in [0.15, 0.2) is 0 Å². The average Bonchev–Trinajstić information content (AvgIpc) is 3.16. The summed E-state index contributed by atoms with van der Waals surface area (Å²) in [6.07, 6.45) is 6.11.